The second-order valence-electron chi connectivity index (χ2n) is 6.20. The van der Waals surface area contributed by atoms with E-state index in [1.54, 1.807) is 25.7 Å². The van der Waals surface area contributed by atoms with Crippen LogP contribution >= 0.6 is 0 Å². The Labute approximate surface area is 73.7 Å². The fourth-order valence-corrected chi connectivity index (χ4v) is 6.44. The van der Waals surface area contributed by atoms with Crippen LogP contribution in [0.1, 0.15) is 25.7 Å². The molecule has 0 N–H and O–H groups in total. The molecule has 0 heterocycles. The summed E-state index contributed by atoms with van der Waals surface area (Å²) in [6, 6.07) is 0. The van der Waals surface area contributed by atoms with Gasteiger partial charge in [-0.3, -0.25) is 0 Å². The lowest BCUT2D eigenvalue weighted by Crippen LogP contribution is -2.40. The molecule has 0 radical (unpaired) electrons. The Bertz CT molecular complexity index is 263. The van der Waals surface area contributed by atoms with Gasteiger partial charge in [-0.2, -0.15) is 0 Å². The van der Waals surface area contributed by atoms with Gasteiger partial charge >= 0.3 is 0 Å². The van der Waals surface area contributed by atoms with Gasteiger partial charge in [-0.05, 0) is 73.0 Å². The van der Waals surface area contributed by atoms with Gasteiger partial charge in [0.1, 0.15) is 0 Å². The van der Waals surface area contributed by atoms with E-state index in [1.807, 2.05) is 0 Å². The lowest BCUT2D eigenvalue weighted by atomic mass is 9.60. The first-order chi connectivity index (χ1) is 5.95. The van der Waals surface area contributed by atoms with E-state index in [2.05, 4.69) is 0 Å². The van der Waals surface area contributed by atoms with Crippen molar-refractivity contribution in [3.8, 4) is 0 Å². The largest absolute Gasteiger partial charge is 0.0496 e. The molecule has 0 aromatic carbocycles. The Morgan fingerprint density at radius 3 is 2.00 bits per heavy atom. The molecule has 0 saturated heterocycles. The van der Waals surface area contributed by atoms with E-state index in [-0.39, 0.29) is 0 Å². The maximum atomic E-state index is 1.67. The lowest BCUT2D eigenvalue weighted by molar-refractivity contribution is 0.0251. The maximum absolute atomic E-state index is 1.67. The average molecular weight is 160 g/mol. The third kappa shape index (κ3) is 0.337. The van der Waals surface area contributed by atoms with Crippen LogP contribution in [-0.2, 0) is 0 Å². The first-order valence-corrected chi connectivity index (χ1v) is 5.95. The van der Waals surface area contributed by atoms with Crippen molar-refractivity contribution in [3.63, 3.8) is 0 Å². The fraction of sp³-hybridized carbons (Fsp3) is 1.00. The number of fused-ring (bicyclic) bond motifs is 2. The zero-order chi connectivity index (χ0) is 7.45. The zero-order valence-corrected chi connectivity index (χ0v) is 7.45. The second kappa shape index (κ2) is 1.40. The first-order valence-electron chi connectivity index (χ1n) is 5.95. The van der Waals surface area contributed by atoms with Crippen molar-refractivity contribution in [2.45, 2.75) is 25.7 Å². The van der Waals surface area contributed by atoms with Gasteiger partial charge in [0.25, 0.3) is 0 Å². The summed E-state index contributed by atoms with van der Waals surface area (Å²) in [5, 5.41) is 0. The summed E-state index contributed by atoms with van der Waals surface area (Å²) >= 11 is 0. The molecular formula is C12H16. The van der Waals surface area contributed by atoms with Crippen LogP contribution in [0.15, 0.2) is 0 Å². The molecule has 8 atom stereocenters. The summed E-state index contributed by atoms with van der Waals surface area (Å²) in [7, 11) is 0. The van der Waals surface area contributed by atoms with Crippen molar-refractivity contribution >= 4 is 0 Å². The molecule has 5 aliphatic rings. The third-order valence-electron chi connectivity index (χ3n) is 6.49. The zero-order valence-electron chi connectivity index (χ0n) is 7.45. The summed E-state index contributed by atoms with van der Waals surface area (Å²) in [6.07, 6.45) is 6.59. The molecule has 5 rings (SSSR count). The molecular weight excluding hydrogens is 144 g/mol. The molecule has 0 amide bonds. The first kappa shape index (κ1) is 5.67. The molecule has 0 bridgehead atoms. The van der Waals surface area contributed by atoms with Crippen molar-refractivity contribution in [2.75, 3.05) is 0 Å². The Morgan fingerprint density at radius 1 is 0.583 bits per heavy atom. The molecule has 0 aliphatic heterocycles. The molecule has 12 heavy (non-hydrogen) atoms. The van der Waals surface area contributed by atoms with Crippen LogP contribution in [0.5, 0.6) is 0 Å². The lowest BCUT2D eigenvalue weighted by Gasteiger charge is -2.45. The minimum atomic E-state index is 1.24. The molecule has 5 saturated carbocycles. The van der Waals surface area contributed by atoms with E-state index in [0.717, 1.165) is 0 Å². The van der Waals surface area contributed by atoms with Gasteiger partial charge in [0.2, 0.25) is 0 Å². The van der Waals surface area contributed by atoms with E-state index in [4.69, 9.17) is 0 Å². The highest BCUT2D eigenvalue weighted by Gasteiger charge is 2.74. The highest BCUT2D eigenvalue weighted by molar-refractivity contribution is 5.22. The molecule has 0 nitrogen and oxygen atoms in total. The minimum absolute atomic E-state index is 1.24. The van der Waals surface area contributed by atoms with Crippen molar-refractivity contribution in [3.05, 3.63) is 0 Å². The van der Waals surface area contributed by atoms with Crippen molar-refractivity contribution < 1.29 is 0 Å². The number of rotatable bonds is 0. The van der Waals surface area contributed by atoms with Crippen LogP contribution < -0.4 is 0 Å². The Balaban J connectivity index is 1.76. The molecule has 5 aliphatic carbocycles. The Kier molecular flexibility index (Phi) is 0.663. The predicted octanol–water partition coefficient (Wildman–Crippen LogP) is 2.54. The monoisotopic (exact) mass is 160 g/mol. The van der Waals surface area contributed by atoms with E-state index >= 15 is 0 Å². The van der Waals surface area contributed by atoms with E-state index in [9.17, 15) is 0 Å². The fourth-order valence-electron chi connectivity index (χ4n) is 6.44. The molecule has 5 fully saturated rings. The summed E-state index contributed by atoms with van der Waals surface area (Å²) in [6.45, 7) is 0. The Hall–Kier alpha value is 0. The summed E-state index contributed by atoms with van der Waals surface area (Å²) in [5.74, 6) is 10.1. The minimum Gasteiger partial charge on any atom is -0.0496 e. The molecule has 0 heteroatoms. The average Bonchev–Trinajstić information content (AvgIpc) is 2.47. The Morgan fingerprint density at radius 2 is 1.25 bits per heavy atom. The summed E-state index contributed by atoms with van der Waals surface area (Å²) in [4.78, 5) is 0. The summed E-state index contributed by atoms with van der Waals surface area (Å²) < 4.78 is 0. The van der Waals surface area contributed by atoms with E-state index in [0.29, 0.717) is 0 Å². The smallest absolute Gasteiger partial charge is 0.0315 e. The van der Waals surface area contributed by atoms with E-state index < -0.39 is 0 Å². The highest BCUT2D eigenvalue weighted by atomic mass is 14.8. The SMILES string of the molecule is C1C2CC3C4CCC5C1C2C3C54. The molecule has 0 spiro atoms. The van der Waals surface area contributed by atoms with Gasteiger partial charge in [0.05, 0.1) is 0 Å². The van der Waals surface area contributed by atoms with Crippen molar-refractivity contribution in [1.82, 2.24) is 0 Å². The van der Waals surface area contributed by atoms with Gasteiger partial charge < -0.3 is 0 Å². The second-order valence-corrected chi connectivity index (χ2v) is 6.20. The van der Waals surface area contributed by atoms with E-state index in [1.165, 1.54) is 47.3 Å². The van der Waals surface area contributed by atoms with Gasteiger partial charge in [0, 0.05) is 0 Å². The molecule has 8 unspecified atom stereocenters. The number of hydrogen-bond donors (Lipinski definition) is 0. The topological polar surface area (TPSA) is 0 Å². The summed E-state index contributed by atoms with van der Waals surface area (Å²) in [5.41, 5.74) is 0. The van der Waals surface area contributed by atoms with Gasteiger partial charge in [-0.15, -0.1) is 0 Å². The van der Waals surface area contributed by atoms with Crippen LogP contribution in [-0.4, -0.2) is 0 Å². The highest BCUT2D eigenvalue weighted by Crippen LogP contribution is 2.80. The predicted molar refractivity (Wildman–Crippen MR) is 46.4 cm³/mol. The van der Waals surface area contributed by atoms with Crippen LogP contribution in [0.3, 0.4) is 0 Å². The number of hydrogen-bond acceptors (Lipinski definition) is 0. The van der Waals surface area contributed by atoms with Gasteiger partial charge in [-0.1, -0.05) is 0 Å². The molecule has 0 aromatic rings. The van der Waals surface area contributed by atoms with Gasteiger partial charge in [0.15, 0.2) is 0 Å². The van der Waals surface area contributed by atoms with Crippen molar-refractivity contribution in [2.24, 2.45) is 47.3 Å². The van der Waals surface area contributed by atoms with Crippen LogP contribution in [0, 0.1) is 47.3 Å². The van der Waals surface area contributed by atoms with Crippen LogP contribution in [0.25, 0.3) is 0 Å². The van der Waals surface area contributed by atoms with Crippen LogP contribution in [0.2, 0.25) is 0 Å². The third-order valence-corrected chi connectivity index (χ3v) is 6.49. The molecule has 64 valence electrons. The quantitative estimate of drug-likeness (QED) is 0.511. The standard InChI is InChI=1S/C12H16/c1-2-7-9-4-5-3-8-6(1)11(7)12(9)10(5)8/h5-12H,1-4H2. The van der Waals surface area contributed by atoms with Crippen molar-refractivity contribution in [1.29, 1.82) is 0 Å². The van der Waals surface area contributed by atoms with Gasteiger partial charge in [-0.25, -0.2) is 0 Å². The molecule has 0 aromatic heterocycles. The maximum Gasteiger partial charge on any atom is -0.0315 e. The normalized spacial score (nSPS) is 80.0. The van der Waals surface area contributed by atoms with Crippen LogP contribution in [0.4, 0.5) is 0 Å².